The van der Waals surface area contributed by atoms with Crippen LogP contribution in [-0.2, 0) is 14.2 Å². The summed E-state index contributed by atoms with van der Waals surface area (Å²) in [6, 6.07) is 0. The van der Waals surface area contributed by atoms with Crippen LogP contribution in [-0.4, -0.2) is 61.1 Å². The molecule has 0 aliphatic heterocycles. The van der Waals surface area contributed by atoms with Crippen molar-refractivity contribution < 1.29 is 24.4 Å². The van der Waals surface area contributed by atoms with Crippen LogP contribution in [0.15, 0.2) is 0 Å². The average Bonchev–Trinajstić information content (AvgIpc) is 2.30. The van der Waals surface area contributed by atoms with E-state index in [-0.39, 0.29) is 24.9 Å². The summed E-state index contributed by atoms with van der Waals surface area (Å²) in [7, 11) is 0. The van der Waals surface area contributed by atoms with Crippen molar-refractivity contribution in [1.29, 1.82) is 0 Å². The number of hydrogen-bond acceptors (Lipinski definition) is 5. The molecule has 0 saturated heterocycles. The third-order valence-electron chi connectivity index (χ3n) is 2.11. The predicted octanol–water partition coefficient (Wildman–Crippen LogP) is 0.575. The summed E-state index contributed by atoms with van der Waals surface area (Å²) in [6.07, 6.45) is -0.711. The van der Waals surface area contributed by atoms with Crippen LogP contribution >= 0.6 is 0 Å². The highest BCUT2D eigenvalue weighted by Gasteiger charge is 2.09. The molecular formula is C12H26O5. The summed E-state index contributed by atoms with van der Waals surface area (Å²) in [5, 5.41) is 17.8. The molecule has 4 unspecified atom stereocenters. The second kappa shape index (κ2) is 9.79. The summed E-state index contributed by atoms with van der Waals surface area (Å²) in [6.45, 7) is 8.53. The van der Waals surface area contributed by atoms with Crippen LogP contribution in [0.3, 0.4) is 0 Å². The molecule has 0 rings (SSSR count). The Morgan fingerprint density at radius 2 is 1.18 bits per heavy atom. The van der Waals surface area contributed by atoms with Crippen LogP contribution in [0, 0.1) is 0 Å². The number of aliphatic hydroxyl groups is 2. The molecule has 5 nitrogen and oxygen atoms in total. The van der Waals surface area contributed by atoms with Gasteiger partial charge in [-0.2, -0.15) is 0 Å². The number of ether oxygens (including phenoxy) is 3. The fraction of sp³-hybridized carbons (Fsp3) is 1.00. The topological polar surface area (TPSA) is 68.2 Å². The molecule has 0 aliphatic rings. The van der Waals surface area contributed by atoms with Crippen molar-refractivity contribution in [2.24, 2.45) is 0 Å². The van der Waals surface area contributed by atoms with Crippen LogP contribution in [0.5, 0.6) is 0 Å². The molecule has 0 radical (unpaired) electrons. The summed E-state index contributed by atoms with van der Waals surface area (Å²) < 4.78 is 16.2. The van der Waals surface area contributed by atoms with Gasteiger partial charge in [0.05, 0.1) is 50.8 Å². The number of hydrogen-bond donors (Lipinski definition) is 2. The highest BCUT2D eigenvalue weighted by atomic mass is 16.6. The molecule has 104 valence electrons. The van der Waals surface area contributed by atoms with Gasteiger partial charge in [0.1, 0.15) is 0 Å². The van der Waals surface area contributed by atoms with Crippen LogP contribution < -0.4 is 0 Å². The standard InChI is InChI=1S/C12H26O5/c1-9(14)6-15-11(3)8-17-12(4)7-16-10(2)5-13/h9-14H,5-8H2,1-4H3. The van der Waals surface area contributed by atoms with Crippen molar-refractivity contribution in [1.82, 2.24) is 0 Å². The van der Waals surface area contributed by atoms with E-state index in [1.807, 2.05) is 13.8 Å². The molecule has 17 heavy (non-hydrogen) atoms. The number of rotatable bonds is 10. The van der Waals surface area contributed by atoms with Gasteiger partial charge in [-0.3, -0.25) is 0 Å². The zero-order valence-corrected chi connectivity index (χ0v) is 11.3. The second-order valence-corrected chi connectivity index (χ2v) is 4.46. The van der Waals surface area contributed by atoms with Crippen molar-refractivity contribution in [2.45, 2.75) is 52.1 Å². The Labute approximate surface area is 104 Å². The lowest BCUT2D eigenvalue weighted by Crippen LogP contribution is -2.27. The van der Waals surface area contributed by atoms with Gasteiger partial charge in [-0.1, -0.05) is 0 Å². The molecule has 0 fully saturated rings. The fourth-order valence-corrected chi connectivity index (χ4v) is 1.05. The van der Waals surface area contributed by atoms with Gasteiger partial charge in [0.15, 0.2) is 0 Å². The normalized spacial score (nSPS) is 18.7. The first-order chi connectivity index (χ1) is 7.95. The highest BCUT2D eigenvalue weighted by molar-refractivity contribution is 4.55. The van der Waals surface area contributed by atoms with E-state index >= 15 is 0 Å². The molecule has 0 spiro atoms. The zero-order chi connectivity index (χ0) is 13.3. The molecule has 0 heterocycles. The molecular weight excluding hydrogens is 224 g/mol. The summed E-state index contributed by atoms with van der Waals surface area (Å²) in [5.41, 5.74) is 0. The SMILES string of the molecule is CC(O)COC(C)COC(C)COC(C)CO. The molecule has 0 saturated carbocycles. The Morgan fingerprint density at radius 3 is 1.59 bits per heavy atom. The van der Waals surface area contributed by atoms with Crippen LogP contribution in [0.4, 0.5) is 0 Å². The smallest absolute Gasteiger partial charge is 0.0781 e. The third kappa shape index (κ3) is 10.7. The van der Waals surface area contributed by atoms with Gasteiger partial charge in [-0.15, -0.1) is 0 Å². The molecule has 2 N–H and O–H groups in total. The molecule has 0 aromatic carbocycles. The Hall–Kier alpha value is -0.200. The quantitative estimate of drug-likeness (QED) is 0.593. The Bertz CT molecular complexity index is 174. The molecule has 4 atom stereocenters. The maximum atomic E-state index is 9.04. The fourth-order valence-electron chi connectivity index (χ4n) is 1.05. The van der Waals surface area contributed by atoms with Crippen LogP contribution in [0.25, 0.3) is 0 Å². The van der Waals surface area contributed by atoms with Gasteiger partial charge in [0, 0.05) is 0 Å². The first kappa shape index (κ1) is 16.8. The van der Waals surface area contributed by atoms with Crippen LogP contribution in [0.2, 0.25) is 0 Å². The maximum absolute atomic E-state index is 9.04. The number of aliphatic hydroxyl groups excluding tert-OH is 2. The average molecular weight is 250 g/mol. The maximum Gasteiger partial charge on any atom is 0.0781 e. The van der Waals surface area contributed by atoms with Gasteiger partial charge < -0.3 is 24.4 Å². The lowest BCUT2D eigenvalue weighted by molar-refractivity contribution is -0.0825. The van der Waals surface area contributed by atoms with E-state index in [2.05, 4.69) is 0 Å². The molecule has 0 aliphatic carbocycles. The van der Waals surface area contributed by atoms with Crippen molar-refractivity contribution >= 4 is 0 Å². The minimum Gasteiger partial charge on any atom is -0.394 e. The minimum atomic E-state index is -0.455. The summed E-state index contributed by atoms with van der Waals surface area (Å²) >= 11 is 0. The molecule has 0 aromatic rings. The lowest BCUT2D eigenvalue weighted by atomic mass is 10.3. The second-order valence-electron chi connectivity index (χ2n) is 4.46. The summed E-state index contributed by atoms with van der Waals surface area (Å²) in [4.78, 5) is 0. The third-order valence-corrected chi connectivity index (χ3v) is 2.11. The Balaban J connectivity index is 3.51. The van der Waals surface area contributed by atoms with E-state index in [0.29, 0.717) is 19.8 Å². The Morgan fingerprint density at radius 1 is 0.765 bits per heavy atom. The highest BCUT2D eigenvalue weighted by Crippen LogP contribution is 2.00. The van der Waals surface area contributed by atoms with E-state index in [1.165, 1.54) is 0 Å². The van der Waals surface area contributed by atoms with E-state index < -0.39 is 6.10 Å². The van der Waals surface area contributed by atoms with Crippen molar-refractivity contribution in [2.75, 3.05) is 26.4 Å². The lowest BCUT2D eigenvalue weighted by Gasteiger charge is -2.19. The molecule has 0 bridgehead atoms. The van der Waals surface area contributed by atoms with Gasteiger partial charge in [0.2, 0.25) is 0 Å². The van der Waals surface area contributed by atoms with E-state index in [1.54, 1.807) is 13.8 Å². The first-order valence-corrected chi connectivity index (χ1v) is 6.09. The van der Waals surface area contributed by atoms with E-state index in [4.69, 9.17) is 24.4 Å². The Kier molecular flexibility index (Phi) is 9.68. The summed E-state index contributed by atoms with van der Waals surface area (Å²) in [5.74, 6) is 0. The first-order valence-electron chi connectivity index (χ1n) is 6.09. The zero-order valence-electron chi connectivity index (χ0n) is 11.3. The van der Waals surface area contributed by atoms with Crippen molar-refractivity contribution in [3.8, 4) is 0 Å². The molecule has 0 amide bonds. The van der Waals surface area contributed by atoms with Gasteiger partial charge >= 0.3 is 0 Å². The van der Waals surface area contributed by atoms with Crippen LogP contribution in [0.1, 0.15) is 27.7 Å². The van der Waals surface area contributed by atoms with Crippen molar-refractivity contribution in [3.05, 3.63) is 0 Å². The monoisotopic (exact) mass is 250 g/mol. The predicted molar refractivity (Wildman–Crippen MR) is 65.0 cm³/mol. The van der Waals surface area contributed by atoms with Gasteiger partial charge in [-0.25, -0.2) is 0 Å². The largest absolute Gasteiger partial charge is 0.394 e. The molecule has 0 aromatic heterocycles. The van der Waals surface area contributed by atoms with E-state index in [0.717, 1.165) is 0 Å². The minimum absolute atomic E-state index is 0.0145. The van der Waals surface area contributed by atoms with Crippen molar-refractivity contribution in [3.63, 3.8) is 0 Å². The molecule has 5 heteroatoms. The van der Waals surface area contributed by atoms with Gasteiger partial charge in [0.25, 0.3) is 0 Å². The van der Waals surface area contributed by atoms with E-state index in [9.17, 15) is 0 Å². The van der Waals surface area contributed by atoms with Gasteiger partial charge in [-0.05, 0) is 27.7 Å².